The standard InChI is InChI=1S/C25H30N4O3S/c1-2-3-4-11-33(31,32)29-22-10-9-20(15-26)23(14-22)19-8-7-18-13-24(27-16-21(18)12-19)28-25(30)17-5-6-17/h7-10,12-14,16-17,29H,2-6,11,15,26H2,1H3,(H,27,28,30). The van der Waals surface area contributed by atoms with E-state index in [-0.39, 0.29) is 17.6 Å². The van der Waals surface area contributed by atoms with Crippen molar-refractivity contribution in [1.82, 2.24) is 4.98 Å². The molecule has 0 atom stereocenters. The molecule has 1 aliphatic rings. The number of nitrogens with two attached hydrogens (primary N) is 1. The zero-order valence-electron chi connectivity index (χ0n) is 18.8. The van der Waals surface area contributed by atoms with Gasteiger partial charge in [0.05, 0.1) is 5.75 Å². The summed E-state index contributed by atoms with van der Waals surface area (Å²) in [6.07, 6.45) is 6.12. The zero-order chi connectivity index (χ0) is 23.4. The lowest BCUT2D eigenvalue weighted by Crippen LogP contribution is -2.16. The van der Waals surface area contributed by atoms with Crippen LogP contribution < -0.4 is 15.8 Å². The lowest BCUT2D eigenvalue weighted by Gasteiger charge is -2.14. The normalized spacial score (nSPS) is 13.8. The van der Waals surface area contributed by atoms with E-state index in [4.69, 9.17) is 5.73 Å². The van der Waals surface area contributed by atoms with Gasteiger partial charge in [-0.15, -0.1) is 0 Å². The lowest BCUT2D eigenvalue weighted by atomic mass is 9.97. The molecule has 2 aromatic carbocycles. The minimum atomic E-state index is -3.40. The fraction of sp³-hybridized carbons (Fsp3) is 0.360. The summed E-state index contributed by atoms with van der Waals surface area (Å²) in [7, 11) is -3.40. The first-order valence-corrected chi connectivity index (χ1v) is 13.1. The van der Waals surface area contributed by atoms with Crippen molar-refractivity contribution in [2.24, 2.45) is 11.7 Å². The minimum Gasteiger partial charge on any atom is -0.326 e. The Hall–Kier alpha value is -2.97. The molecule has 1 aliphatic carbocycles. The van der Waals surface area contributed by atoms with Crippen LogP contribution in [0.2, 0.25) is 0 Å². The van der Waals surface area contributed by atoms with E-state index in [1.807, 2.05) is 43.3 Å². The number of pyridine rings is 1. The Balaban J connectivity index is 1.59. The average molecular weight is 467 g/mol. The van der Waals surface area contributed by atoms with Gasteiger partial charge in [0, 0.05) is 29.7 Å². The van der Waals surface area contributed by atoms with Crippen molar-refractivity contribution >= 4 is 38.2 Å². The third-order valence-electron chi connectivity index (χ3n) is 5.85. The van der Waals surface area contributed by atoms with E-state index < -0.39 is 10.0 Å². The highest BCUT2D eigenvalue weighted by Crippen LogP contribution is 2.32. The zero-order valence-corrected chi connectivity index (χ0v) is 19.6. The number of rotatable bonds is 10. The Morgan fingerprint density at radius 2 is 1.91 bits per heavy atom. The first-order chi connectivity index (χ1) is 15.9. The minimum absolute atomic E-state index is 0.0278. The van der Waals surface area contributed by atoms with Gasteiger partial charge in [0.25, 0.3) is 0 Å². The Morgan fingerprint density at radius 3 is 2.64 bits per heavy atom. The van der Waals surface area contributed by atoms with Crippen molar-refractivity contribution in [3.8, 4) is 11.1 Å². The van der Waals surface area contributed by atoms with Crippen LogP contribution in [0, 0.1) is 5.92 Å². The Morgan fingerprint density at radius 1 is 1.09 bits per heavy atom. The Kier molecular flexibility index (Phi) is 6.95. The van der Waals surface area contributed by atoms with E-state index in [9.17, 15) is 13.2 Å². The van der Waals surface area contributed by atoms with Gasteiger partial charge in [-0.2, -0.15) is 0 Å². The largest absolute Gasteiger partial charge is 0.326 e. The molecule has 1 saturated carbocycles. The number of carbonyl (C=O) groups excluding carboxylic acids is 1. The molecule has 33 heavy (non-hydrogen) atoms. The van der Waals surface area contributed by atoms with Crippen LogP contribution in [0.15, 0.2) is 48.7 Å². The monoisotopic (exact) mass is 466 g/mol. The lowest BCUT2D eigenvalue weighted by molar-refractivity contribution is -0.117. The number of amides is 1. The molecule has 1 aromatic heterocycles. The highest BCUT2D eigenvalue weighted by molar-refractivity contribution is 7.92. The van der Waals surface area contributed by atoms with Crippen LogP contribution in [0.25, 0.3) is 21.9 Å². The summed E-state index contributed by atoms with van der Waals surface area (Å²) in [5.41, 5.74) is 9.20. The van der Waals surface area contributed by atoms with Crippen molar-refractivity contribution in [1.29, 1.82) is 0 Å². The molecule has 174 valence electrons. The maximum absolute atomic E-state index is 12.4. The molecule has 1 fully saturated rings. The topological polar surface area (TPSA) is 114 Å². The molecule has 1 amide bonds. The quantitative estimate of drug-likeness (QED) is 0.377. The number of carbonyl (C=O) groups is 1. The van der Waals surface area contributed by atoms with Gasteiger partial charge in [-0.25, -0.2) is 13.4 Å². The summed E-state index contributed by atoms with van der Waals surface area (Å²) in [5, 5.41) is 4.76. The third-order valence-corrected chi connectivity index (χ3v) is 7.22. The average Bonchev–Trinajstić information content (AvgIpc) is 3.64. The number of nitrogens with zero attached hydrogens (tertiary/aromatic N) is 1. The molecule has 0 saturated heterocycles. The SMILES string of the molecule is CCCCCS(=O)(=O)Nc1ccc(CN)c(-c2ccc3cc(NC(=O)C4CC4)ncc3c2)c1. The van der Waals surface area contributed by atoms with Crippen molar-refractivity contribution < 1.29 is 13.2 Å². The molecule has 0 spiro atoms. The summed E-state index contributed by atoms with van der Waals surface area (Å²) in [4.78, 5) is 16.4. The maximum Gasteiger partial charge on any atom is 0.232 e. The molecular formula is C25H30N4O3S. The van der Waals surface area contributed by atoms with E-state index in [0.717, 1.165) is 53.1 Å². The van der Waals surface area contributed by atoms with Crippen LogP contribution in [-0.4, -0.2) is 25.1 Å². The molecule has 1 heterocycles. The highest BCUT2D eigenvalue weighted by atomic mass is 32.2. The van der Waals surface area contributed by atoms with Crippen molar-refractivity contribution in [2.45, 2.75) is 45.6 Å². The van der Waals surface area contributed by atoms with Crippen LogP contribution >= 0.6 is 0 Å². The molecule has 4 N–H and O–H groups in total. The van der Waals surface area contributed by atoms with Crippen LogP contribution in [0.1, 0.15) is 44.6 Å². The highest BCUT2D eigenvalue weighted by Gasteiger charge is 2.29. The van der Waals surface area contributed by atoms with Crippen molar-refractivity contribution in [3.05, 3.63) is 54.2 Å². The predicted molar refractivity (Wildman–Crippen MR) is 133 cm³/mol. The Bertz CT molecular complexity index is 1270. The summed E-state index contributed by atoms with van der Waals surface area (Å²) >= 11 is 0. The number of nitrogens with one attached hydrogen (secondary N) is 2. The second-order valence-electron chi connectivity index (χ2n) is 8.60. The summed E-state index contributed by atoms with van der Waals surface area (Å²) in [6.45, 7) is 2.38. The van der Waals surface area contributed by atoms with Crippen LogP contribution in [-0.2, 0) is 21.4 Å². The number of aromatic nitrogens is 1. The van der Waals surface area contributed by atoms with Gasteiger partial charge in [-0.05, 0) is 65.6 Å². The fourth-order valence-corrected chi connectivity index (χ4v) is 4.98. The van der Waals surface area contributed by atoms with Gasteiger partial charge in [0.2, 0.25) is 15.9 Å². The van der Waals surface area contributed by atoms with E-state index in [1.165, 1.54) is 0 Å². The van der Waals surface area contributed by atoms with E-state index in [2.05, 4.69) is 15.0 Å². The third kappa shape index (κ3) is 5.89. The number of fused-ring (bicyclic) bond motifs is 1. The van der Waals surface area contributed by atoms with Gasteiger partial charge in [-0.3, -0.25) is 9.52 Å². The molecule has 3 aromatic rings. The first kappa shape index (κ1) is 23.2. The maximum atomic E-state index is 12.4. The van der Waals surface area contributed by atoms with Gasteiger partial charge >= 0.3 is 0 Å². The second-order valence-corrected chi connectivity index (χ2v) is 10.4. The second kappa shape index (κ2) is 9.89. The molecule has 7 nitrogen and oxygen atoms in total. The van der Waals surface area contributed by atoms with E-state index in [1.54, 1.807) is 12.3 Å². The van der Waals surface area contributed by atoms with Crippen LogP contribution in [0.3, 0.4) is 0 Å². The van der Waals surface area contributed by atoms with Gasteiger partial charge < -0.3 is 11.1 Å². The van der Waals surface area contributed by atoms with E-state index in [0.29, 0.717) is 24.5 Å². The van der Waals surface area contributed by atoms with E-state index >= 15 is 0 Å². The number of hydrogen-bond acceptors (Lipinski definition) is 5. The number of sulfonamides is 1. The molecule has 0 unspecified atom stereocenters. The molecule has 4 rings (SSSR count). The Labute approximate surface area is 194 Å². The van der Waals surface area contributed by atoms with Crippen molar-refractivity contribution in [3.63, 3.8) is 0 Å². The number of anilines is 2. The van der Waals surface area contributed by atoms with Gasteiger partial charge in [0.1, 0.15) is 5.82 Å². The summed E-state index contributed by atoms with van der Waals surface area (Å²) in [6, 6.07) is 13.3. The molecule has 0 radical (unpaired) electrons. The first-order valence-electron chi connectivity index (χ1n) is 11.4. The summed E-state index contributed by atoms with van der Waals surface area (Å²) in [5.74, 6) is 0.806. The molecule has 8 heteroatoms. The van der Waals surface area contributed by atoms with Gasteiger partial charge in [0.15, 0.2) is 0 Å². The smallest absolute Gasteiger partial charge is 0.232 e. The fourth-order valence-electron chi connectivity index (χ4n) is 3.81. The molecular weight excluding hydrogens is 436 g/mol. The molecule has 0 aliphatic heterocycles. The number of benzene rings is 2. The van der Waals surface area contributed by atoms with Crippen molar-refractivity contribution in [2.75, 3.05) is 15.8 Å². The van der Waals surface area contributed by atoms with Crippen LogP contribution in [0.4, 0.5) is 11.5 Å². The summed E-state index contributed by atoms with van der Waals surface area (Å²) < 4.78 is 27.6. The van der Waals surface area contributed by atoms with Crippen LogP contribution in [0.5, 0.6) is 0 Å². The molecule has 0 bridgehead atoms. The van der Waals surface area contributed by atoms with Gasteiger partial charge in [-0.1, -0.05) is 38.0 Å². The number of unbranched alkanes of at least 4 members (excludes halogenated alkanes) is 2. The number of hydrogen-bond donors (Lipinski definition) is 3. The predicted octanol–water partition coefficient (Wildman–Crippen LogP) is 4.64.